The number of aromatic nitrogens is 1. The molecule has 0 saturated carbocycles. The second-order valence-corrected chi connectivity index (χ2v) is 5.44. The van der Waals surface area contributed by atoms with Gasteiger partial charge in [0.15, 0.2) is 10.9 Å². The summed E-state index contributed by atoms with van der Waals surface area (Å²) < 4.78 is 0. The van der Waals surface area contributed by atoms with Gasteiger partial charge in [-0.15, -0.1) is 0 Å². The third-order valence-corrected chi connectivity index (χ3v) is 3.99. The number of nitrogens with zero attached hydrogens (tertiary/aromatic N) is 3. The van der Waals surface area contributed by atoms with E-state index in [0.29, 0.717) is 22.0 Å². The molecule has 2 aromatic carbocycles. The Morgan fingerprint density at radius 2 is 1.72 bits per heavy atom. The maximum atomic E-state index is 12.5. The van der Waals surface area contributed by atoms with Gasteiger partial charge < -0.3 is 0 Å². The minimum Gasteiger partial charge on any atom is -0.288 e. The second kappa shape index (κ2) is 5.65. The fourth-order valence-corrected chi connectivity index (χ4v) is 2.83. The van der Waals surface area contributed by atoms with Crippen molar-refractivity contribution in [2.45, 2.75) is 0 Å². The Morgan fingerprint density at radius 1 is 1.04 bits per heavy atom. The van der Waals surface area contributed by atoms with Gasteiger partial charge in [-0.25, -0.2) is 10.4 Å². The zero-order chi connectivity index (χ0) is 17.4. The number of fused-ring (bicyclic) bond motifs is 3. The van der Waals surface area contributed by atoms with E-state index in [0.717, 1.165) is 0 Å². The van der Waals surface area contributed by atoms with Crippen molar-refractivity contribution in [2.75, 3.05) is 0 Å². The lowest BCUT2D eigenvalue weighted by molar-refractivity contribution is 0.0953. The van der Waals surface area contributed by atoms with Crippen LogP contribution in [0.1, 0.15) is 15.9 Å². The number of carbonyl (C=O) groups is 1. The van der Waals surface area contributed by atoms with Crippen molar-refractivity contribution in [3.63, 3.8) is 0 Å². The van der Waals surface area contributed by atoms with Crippen molar-refractivity contribution >= 4 is 16.7 Å². The van der Waals surface area contributed by atoms with Crippen molar-refractivity contribution in [3.8, 4) is 17.3 Å². The highest BCUT2D eigenvalue weighted by Gasteiger charge is 2.24. The van der Waals surface area contributed by atoms with Crippen LogP contribution in [0.4, 0.5) is 0 Å². The van der Waals surface area contributed by atoms with Crippen molar-refractivity contribution < 1.29 is 4.79 Å². The van der Waals surface area contributed by atoms with Gasteiger partial charge in [-0.1, -0.05) is 42.5 Å². The molecule has 25 heavy (non-hydrogen) atoms. The normalized spacial score (nSPS) is 11.7. The average Bonchev–Trinajstić information content (AvgIpc) is 3.16. The second-order valence-electron chi connectivity index (χ2n) is 5.44. The first-order valence-corrected chi connectivity index (χ1v) is 7.51. The Morgan fingerprint density at radius 3 is 2.44 bits per heavy atom. The van der Waals surface area contributed by atoms with E-state index in [1.54, 1.807) is 54.6 Å². The van der Waals surface area contributed by atoms with E-state index in [-0.39, 0.29) is 22.0 Å². The van der Waals surface area contributed by atoms with Gasteiger partial charge in [-0.2, -0.15) is 10.4 Å². The van der Waals surface area contributed by atoms with Gasteiger partial charge in [0.05, 0.1) is 11.3 Å². The summed E-state index contributed by atoms with van der Waals surface area (Å²) in [6, 6.07) is 17.6. The number of hydrogen-bond donors (Lipinski definition) is 1. The Kier molecular flexibility index (Phi) is 3.33. The number of nitriles is 1. The smallest absolute Gasteiger partial charge is 0.271 e. The van der Waals surface area contributed by atoms with Crippen LogP contribution in [0.3, 0.4) is 0 Å². The molecule has 0 unspecified atom stereocenters. The Bertz CT molecular complexity index is 1210. The first kappa shape index (κ1) is 14.7. The van der Waals surface area contributed by atoms with Gasteiger partial charge in [-0.05, 0) is 12.1 Å². The molecule has 0 saturated heterocycles. The van der Waals surface area contributed by atoms with Crippen LogP contribution in [0.15, 0.2) is 64.5 Å². The molecule has 0 atom stereocenters. The van der Waals surface area contributed by atoms with E-state index < -0.39 is 5.91 Å². The highest BCUT2D eigenvalue weighted by molar-refractivity contribution is 6.02. The predicted octanol–water partition coefficient (Wildman–Crippen LogP) is 1.69. The van der Waals surface area contributed by atoms with E-state index in [4.69, 9.17) is 0 Å². The zero-order valence-electron chi connectivity index (χ0n) is 12.9. The van der Waals surface area contributed by atoms with Crippen molar-refractivity contribution in [1.82, 2.24) is 10.4 Å². The number of hydrogen-bond acceptors (Lipinski definition) is 5. The molecular weight excluding hydrogens is 316 g/mol. The van der Waals surface area contributed by atoms with Gasteiger partial charge >= 0.3 is 0 Å². The van der Waals surface area contributed by atoms with Gasteiger partial charge in [0.1, 0.15) is 11.6 Å². The van der Waals surface area contributed by atoms with Crippen molar-refractivity contribution in [1.29, 1.82) is 5.26 Å². The molecule has 1 amide bonds. The molecule has 1 heterocycles. The van der Waals surface area contributed by atoms with Crippen LogP contribution in [-0.4, -0.2) is 10.9 Å². The van der Waals surface area contributed by atoms with Crippen molar-refractivity contribution in [3.05, 3.63) is 81.4 Å². The summed E-state index contributed by atoms with van der Waals surface area (Å²) in [5, 5.41) is 14.6. The summed E-state index contributed by atoms with van der Waals surface area (Å²) in [7, 11) is 0. The first-order valence-electron chi connectivity index (χ1n) is 7.51. The number of rotatable bonds is 2. The average molecular weight is 326 g/mol. The minimum absolute atomic E-state index is 0.0413. The molecule has 6 nitrogen and oxygen atoms in total. The number of carbonyl (C=O) groups excluding carboxylic acids is 1. The molecule has 6 heteroatoms. The standard InChI is InChI=1S/C19H10N4O2/c20-10-14-15-16(12-8-4-5-9-13(12)17(15)24)21-18(14)22-23-19(25)11-6-2-1-3-7-11/h1-9H,(H,23,25)/b22-18+. The molecule has 2 aliphatic rings. The minimum atomic E-state index is -0.417. The molecule has 0 radical (unpaired) electrons. The molecule has 118 valence electrons. The van der Waals surface area contributed by atoms with E-state index in [1.807, 2.05) is 6.07 Å². The number of nitrogens with one attached hydrogen (secondary N) is 1. The fourth-order valence-electron chi connectivity index (χ4n) is 2.83. The zero-order valence-corrected chi connectivity index (χ0v) is 12.9. The van der Waals surface area contributed by atoms with Crippen LogP contribution >= 0.6 is 0 Å². The monoisotopic (exact) mass is 326 g/mol. The maximum absolute atomic E-state index is 12.5. The summed E-state index contributed by atoms with van der Waals surface area (Å²) in [5.41, 5.74) is 3.37. The molecule has 4 rings (SSSR count). The highest BCUT2D eigenvalue weighted by Crippen LogP contribution is 2.28. The SMILES string of the molecule is N#Cc1c2c(=O)c3ccccc3c-2n/c1=N/NC(=O)c1ccccc1. The first-order chi connectivity index (χ1) is 12.2. The molecule has 1 aliphatic carbocycles. The van der Waals surface area contributed by atoms with Crippen LogP contribution < -0.4 is 16.3 Å². The summed E-state index contributed by atoms with van der Waals surface area (Å²) in [6.45, 7) is 0. The lowest BCUT2D eigenvalue weighted by Gasteiger charge is -1.97. The van der Waals surface area contributed by atoms with Crippen LogP contribution in [0, 0.1) is 11.3 Å². The lowest BCUT2D eigenvalue weighted by Crippen LogP contribution is -2.22. The predicted molar refractivity (Wildman–Crippen MR) is 91.2 cm³/mol. The molecule has 0 fully saturated rings. The quantitative estimate of drug-likeness (QED) is 0.567. The van der Waals surface area contributed by atoms with Gasteiger partial charge in [-0.3, -0.25) is 9.59 Å². The van der Waals surface area contributed by atoms with E-state index in [9.17, 15) is 14.9 Å². The summed E-state index contributed by atoms with van der Waals surface area (Å²) in [5.74, 6) is -0.417. The van der Waals surface area contributed by atoms with Crippen LogP contribution in [0.25, 0.3) is 22.0 Å². The molecule has 1 N–H and O–H groups in total. The Labute approximate surface area is 141 Å². The Hall–Kier alpha value is -3.85. The number of amides is 1. The lowest BCUT2D eigenvalue weighted by atomic mass is 10.2. The van der Waals surface area contributed by atoms with Crippen LogP contribution in [-0.2, 0) is 0 Å². The van der Waals surface area contributed by atoms with Gasteiger partial charge in [0.2, 0.25) is 0 Å². The fraction of sp³-hybridized carbons (Fsp3) is 0. The maximum Gasteiger partial charge on any atom is 0.271 e. The van der Waals surface area contributed by atoms with Gasteiger partial charge in [0.25, 0.3) is 5.91 Å². The summed E-state index contributed by atoms with van der Waals surface area (Å²) >= 11 is 0. The third kappa shape index (κ3) is 2.26. The molecule has 1 aliphatic heterocycles. The van der Waals surface area contributed by atoms with E-state index in [1.165, 1.54) is 0 Å². The molecule has 0 spiro atoms. The molecule has 2 aromatic rings. The van der Waals surface area contributed by atoms with E-state index in [2.05, 4.69) is 15.5 Å². The number of benzene rings is 2. The van der Waals surface area contributed by atoms with Crippen LogP contribution in [0.5, 0.6) is 0 Å². The Balaban J connectivity index is 1.84. The van der Waals surface area contributed by atoms with Gasteiger partial charge in [0, 0.05) is 16.3 Å². The van der Waals surface area contributed by atoms with E-state index >= 15 is 0 Å². The van der Waals surface area contributed by atoms with Crippen molar-refractivity contribution in [2.24, 2.45) is 5.10 Å². The summed E-state index contributed by atoms with van der Waals surface area (Å²) in [4.78, 5) is 28.9. The largest absolute Gasteiger partial charge is 0.288 e. The highest BCUT2D eigenvalue weighted by atomic mass is 16.2. The third-order valence-electron chi connectivity index (χ3n) is 3.99. The molecule has 0 aromatic heterocycles. The topological polar surface area (TPSA) is 95.2 Å². The molecule has 0 bridgehead atoms. The van der Waals surface area contributed by atoms with Crippen LogP contribution in [0.2, 0.25) is 0 Å². The summed E-state index contributed by atoms with van der Waals surface area (Å²) in [6.07, 6.45) is 0. The molecular formula is C19H10N4O2.